The second-order valence-electron chi connectivity index (χ2n) is 9.29. The zero-order chi connectivity index (χ0) is 27.3. The summed E-state index contributed by atoms with van der Waals surface area (Å²) in [6.45, 7) is 7.89. The first-order valence-electron chi connectivity index (χ1n) is 12.4. The maximum Gasteiger partial charge on any atom is 0.242 e. The number of rotatable bonds is 11. The van der Waals surface area contributed by atoms with Gasteiger partial charge in [0.25, 0.3) is 0 Å². The van der Waals surface area contributed by atoms with E-state index < -0.39 is 10.0 Å². The minimum atomic E-state index is -3.71. The maximum atomic E-state index is 12.9. The monoisotopic (exact) mass is 652 g/mol. The Bertz CT molecular complexity index is 1370. The fourth-order valence-electron chi connectivity index (χ4n) is 4.08. The second kappa shape index (κ2) is 12.5. The van der Waals surface area contributed by atoms with E-state index in [1.54, 1.807) is 44.3 Å². The number of para-hydroxylation sites is 1. The molecule has 204 valence electrons. The molecule has 2 aromatic carbocycles. The molecule has 0 radical (unpaired) electrons. The number of likely N-dealkylation sites (tertiary alicyclic amines) is 1. The highest BCUT2D eigenvalue weighted by molar-refractivity contribution is 14.1. The number of nitrogens with one attached hydrogen (secondary N) is 3. The smallest absolute Gasteiger partial charge is 0.242 e. The number of benzene rings is 2. The van der Waals surface area contributed by atoms with Crippen molar-refractivity contribution < 1.29 is 17.9 Å². The summed E-state index contributed by atoms with van der Waals surface area (Å²) in [5, 5.41) is 6.39. The van der Waals surface area contributed by atoms with Crippen LogP contribution in [-0.2, 0) is 10.0 Å². The van der Waals surface area contributed by atoms with Gasteiger partial charge in [-0.2, -0.15) is 4.98 Å². The highest BCUT2D eigenvalue weighted by Crippen LogP contribution is 2.33. The van der Waals surface area contributed by atoms with E-state index in [1.165, 1.54) is 0 Å². The minimum absolute atomic E-state index is 0.139. The van der Waals surface area contributed by atoms with Crippen molar-refractivity contribution in [3.05, 3.63) is 52.2 Å². The summed E-state index contributed by atoms with van der Waals surface area (Å²) in [5.74, 6) is 2.18. The van der Waals surface area contributed by atoms with E-state index in [4.69, 9.17) is 9.47 Å². The molecule has 0 saturated carbocycles. The van der Waals surface area contributed by atoms with Gasteiger partial charge in [0.2, 0.25) is 16.0 Å². The molecule has 1 aliphatic rings. The van der Waals surface area contributed by atoms with Crippen molar-refractivity contribution in [2.24, 2.45) is 0 Å². The molecule has 3 aromatic rings. The van der Waals surface area contributed by atoms with Gasteiger partial charge >= 0.3 is 0 Å². The molecular formula is C26H33IN6O4S. The molecule has 0 aliphatic carbocycles. The van der Waals surface area contributed by atoms with E-state index in [2.05, 4.69) is 59.9 Å². The highest BCUT2D eigenvalue weighted by Gasteiger charge is 2.22. The molecule has 0 bridgehead atoms. The fraction of sp³-hybridized carbons (Fsp3) is 0.385. The zero-order valence-corrected chi connectivity index (χ0v) is 24.8. The molecule has 1 aliphatic heterocycles. The molecule has 1 atom stereocenters. The van der Waals surface area contributed by atoms with Crippen LogP contribution in [-0.4, -0.2) is 62.2 Å². The molecule has 1 fully saturated rings. The van der Waals surface area contributed by atoms with Crippen LogP contribution in [0, 0.1) is 3.57 Å². The Kier molecular flexibility index (Phi) is 9.28. The number of hydrogen-bond acceptors (Lipinski definition) is 9. The summed E-state index contributed by atoms with van der Waals surface area (Å²) in [7, 11) is -1.63. The predicted molar refractivity (Wildman–Crippen MR) is 157 cm³/mol. The molecule has 10 nitrogen and oxygen atoms in total. The summed E-state index contributed by atoms with van der Waals surface area (Å²) in [6, 6.07) is 12.1. The number of aromatic nitrogens is 2. The average molecular weight is 653 g/mol. The second-order valence-corrected chi connectivity index (χ2v) is 12.1. The lowest BCUT2D eigenvalue weighted by atomic mass is 10.2. The van der Waals surface area contributed by atoms with Crippen molar-refractivity contribution in [1.29, 1.82) is 0 Å². The number of likely N-dealkylation sites (N-methyl/N-ethyl adjacent to an activating group) is 1. The molecule has 2 heterocycles. The molecule has 3 N–H and O–H groups in total. The number of hydrogen-bond donors (Lipinski definition) is 3. The molecule has 12 heteroatoms. The predicted octanol–water partition coefficient (Wildman–Crippen LogP) is 4.74. The van der Waals surface area contributed by atoms with E-state index in [0.29, 0.717) is 35.5 Å². The van der Waals surface area contributed by atoms with Crippen LogP contribution in [0.15, 0.2) is 53.6 Å². The van der Waals surface area contributed by atoms with Gasteiger partial charge in [0.1, 0.15) is 28.3 Å². The minimum Gasteiger partial charge on any atom is -0.492 e. The van der Waals surface area contributed by atoms with Gasteiger partial charge in [-0.05, 0) is 81.1 Å². The summed E-state index contributed by atoms with van der Waals surface area (Å²) in [4.78, 5) is 11.4. The number of anilines is 4. The average Bonchev–Trinajstić information content (AvgIpc) is 3.27. The van der Waals surface area contributed by atoms with Crippen LogP contribution in [0.1, 0.15) is 27.2 Å². The summed E-state index contributed by atoms with van der Waals surface area (Å²) >= 11 is 2.11. The Labute approximate surface area is 237 Å². The van der Waals surface area contributed by atoms with Gasteiger partial charge in [-0.3, -0.25) is 0 Å². The van der Waals surface area contributed by atoms with Crippen LogP contribution >= 0.6 is 22.6 Å². The van der Waals surface area contributed by atoms with Crippen LogP contribution in [0.3, 0.4) is 0 Å². The third kappa shape index (κ3) is 7.24. The molecule has 1 saturated heterocycles. The Hall–Kier alpha value is -2.68. The first-order valence-corrected chi connectivity index (χ1v) is 15.0. The fourth-order valence-corrected chi connectivity index (χ4v) is 5.89. The number of sulfonamides is 1. The molecule has 0 unspecified atom stereocenters. The van der Waals surface area contributed by atoms with Crippen molar-refractivity contribution in [2.45, 2.75) is 44.2 Å². The topological polar surface area (TPSA) is 118 Å². The Morgan fingerprint density at radius 2 is 1.95 bits per heavy atom. The first kappa shape index (κ1) is 28.3. The molecule has 0 amide bonds. The van der Waals surface area contributed by atoms with Gasteiger partial charge in [-0.1, -0.05) is 12.1 Å². The lowest BCUT2D eigenvalue weighted by Crippen LogP contribution is -2.30. The van der Waals surface area contributed by atoms with Gasteiger partial charge in [-0.15, -0.1) is 0 Å². The van der Waals surface area contributed by atoms with Crippen LogP contribution in [0.5, 0.6) is 11.5 Å². The summed E-state index contributed by atoms with van der Waals surface area (Å²) < 4.78 is 41.1. The largest absolute Gasteiger partial charge is 0.492 e. The first-order chi connectivity index (χ1) is 18.1. The zero-order valence-electron chi connectivity index (χ0n) is 21.9. The summed E-state index contributed by atoms with van der Waals surface area (Å²) in [5.41, 5.74) is 1.11. The van der Waals surface area contributed by atoms with Crippen LogP contribution < -0.4 is 24.8 Å². The number of nitrogens with zero attached hydrogens (tertiary/aromatic N) is 3. The molecule has 4 rings (SSSR count). The van der Waals surface area contributed by atoms with Gasteiger partial charge in [0.05, 0.1) is 21.6 Å². The van der Waals surface area contributed by atoms with Crippen LogP contribution in [0.25, 0.3) is 0 Å². The van der Waals surface area contributed by atoms with Crippen molar-refractivity contribution in [1.82, 2.24) is 19.6 Å². The van der Waals surface area contributed by atoms with E-state index in [0.717, 1.165) is 28.8 Å². The lowest BCUT2D eigenvalue weighted by Gasteiger charge is -2.17. The standard InChI is InChI=1S/C26H33IN6O4S/c1-5-36-23-14-18(37-19-12-13-33(4)16-19)10-11-21(23)30-26-28-15-20(27)25(31-26)29-22-8-6-7-9-24(22)38(34,35)32-17(2)3/h6-11,14-15,17,19,32H,5,12-13,16H2,1-4H3,(H2,28,29,30,31)/t19-/m1/s1. The molecule has 38 heavy (non-hydrogen) atoms. The Morgan fingerprint density at radius 3 is 2.66 bits per heavy atom. The Balaban J connectivity index is 1.56. The van der Waals surface area contributed by atoms with E-state index in [9.17, 15) is 8.42 Å². The summed E-state index contributed by atoms with van der Waals surface area (Å²) in [6.07, 6.45) is 2.81. The normalized spacial score (nSPS) is 16.0. The van der Waals surface area contributed by atoms with Crippen molar-refractivity contribution in [2.75, 3.05) is 37.4 Å². The lowest BCUT2D eigenvalue weighted by molar-refractivity contribution is 0.207. The van der Waals surface area contributed by atoms with Gasteiger partial charge in [-0.25, -0.2) is 18.1 Å². The molecule has 1 aromatic heterocycles. The van der Waals surface area contributed by atoms with Gasteiger partial charge < -0.3 is 25.0 Å². The van der Waals surface area contributed by atoms with E-state index in [1.807, 2.05) is 25.1 Å². The van der Waals surface area contributed by atoms with Crippen LogP contribution in [0.2, 0.25) is 0 Å². The van der Waals surface area contributed by atoms with Crippen LogP contribution in [0.4, 0.5) is 23.1 Å². The van der Waals surface area contributed by atoms with Gasteiger partial charge in [0, 0.05) is 31.4 Å². The Morgan fingerprint density at radius 1 is 1.16 bits per heavy atom. The molecular weight excluding hydrogens is 619 g/mol. The van der Waals surface area contributed by atoms with Crippen molar-refractivity contribution in [3.63, 3.8) is 0 Å². The third-order valence-corrected chi connectivity index (χ3v) is 8.22. The van der Waals surface area contributed by atoms with Crippen molar-refractivity contribution >= 4 is 55.8 Å². The van der Waals surface area contributed by atoms with Gasteiger partial charge in [0.15, 0.2) is 0 Å². The third-order valence-electron chi connectivity index (χ3n) is 5.71. The number of halogens is 1. The van der Waals surface area contributed by atoms with E-state index >= 15 is 0 Å². The number of ether oxygens (including phenoxy) is 2. The quantitative estimate of drug-likeness (QED) is 0.253. The van der Waals surface area contributed by atoms with Crippen molar-refractivity contribution in [3.8, 4) is 11.5 Å². The highest BCUT2D eigenvalue weighted by atomic mass is 127. The SMILES string of the molecule is CCOc1cc(O[C@@H]2CCN(C)C2)ccc1Nc1ncc(I)c(Nc2ccccc2S(=O)(=O)NC(C)C)n1. The molecule has 0 spiro atoms. The van der Waals surface area contributed by atoms with E-state index in [-0.39, 0.29) is 17.0 Å². The maximum absolute atomic E-state index is 12.9.